The summed E-state index contributed by atoms with van der Waals surface area (Å²) >= 11 is 1.62. The zero-order valence-corrected chi connectivity index (χ0v) is 15.3. The highest BCUT2D eigenvalue weighted by Crippen LogP contribution is 2.38. The summed E-state index contributed by atoms with van der Waals surface area (Å²) < 4.78 is 11.5. The number of aromatic nitrogens is 2. The van der Waals surface area contributed by atoms with Gasteiger partial charge in [-0.15, -0.1) is 11.3 Å². The standard InChI is InChI=1S/C21H17N3O2S/c1-2-5-14(6-3-1)16-12-27-21-19(16)20(22-13-23-21)24-15-7-8-17-18(11-15)26-10-4-9-25-17/h1-3,5-8,11-13H,4,9-10H2,(H,22,23,24). The summed E-state index contributed by atoms with van der Waals surface area (Å²) in [5.74, 6) is 2.33. The molecule has 0 radical (unpaired) electrons. The maximum absolute atomic E-state index is 5.80. The van der Waals surface area contributed by atoms with Gasteiger partial charge in [0.1, 0.15) is 17.0 Å². The van der Waals surface area contributed by atoms with Gasteiger partial charge < -0.3 is 14.8 Å². The third-order valence-corrected chi connectivity index (χ3v) is 5.35. The van der Waals surface area contributed by atoms with Crippen LogP contribution in [0.5, 0.6) is 11.5 Å². The Morgan fingerprint density at radius 3 is 2.67 bits per heavy atom. The fourth-order valence-electron chi connectivity index (χ4n) is 3.18. The summed E-state index contributed by atoms with van der Waals surface area (Å²) in [7, 11) is 0. The van der Waals surface area contributed by atoms with Crippen molar-refractivity contribution < 1.29 is 9.47 Å². The van der Waals surface area contributed by atoms with E-state index in [0.717, 1.165) is 50.8 Å². The van der Waals surface area contributed by atoms with Crippen molar-refractivity contribution >= 4 is 33.1 Å². The zero-order chi connectivity index (χ0) is 18.1. The molecule has 0 spiro atoms. The van der Waals surface area contributed by atoms with Gasteiger partial charge in [0.25, 0.3) is 0 Å². The number of ether oxygens (including phenoxy) is 2. The first kappa shape index (κ1) is 16.1. The molecule has 0 saturated heterocycles. The number of rotatable bonds is 3. The number of benzene rings is 2. The third-order valence-electron chi connectivity index (χ3n) is 4.47. The van der Waals surface area contributed by atoms with Gasteiger partial charge in [0.15, 0.2) is 11.5 Å². The predicted octanol–water partition coefficient (Wildman–Crippen LogP) is 5.26. The van der Waals surface area contributed by atoms with Crippen LogP contribution >= 0.6 is 11.3 Å². The van der Waals surface area contributed by atoms with Crippen molar-refractivity contribution in [2.45, 2.75) is 6.42 Å². The van der Waals surface area contributed by atoms with E-state index in [9.17, 15) is 0 Å². The molecular formula is C21H17N3O2S. The van der Waals surface area contributed by atoms with E-state index >= 15 is 0 Å². The smallest absolute Gasteiger partial charge is 0.163 e. The number of anilines is 2. The minimum Gasteiger partial charge on any atom is -0.490 e. The molecule has 0 amide bonds. The molecule has 2 aromatic carbocycles. The molecule has 1 N–H and O–H groups in total. The second kappa shape index (κ2) is 6.89. The van der Waals surface area contributed by atoms with Crippen LogP contribution in [0.3, 0.4) is 0 Å². The van der Waals surface area contributed by atoms with Crippen molar-refractivity contribution in [3.8, 4) is 22.6 Å². The Hall–Kier alpha value is -3.12. The van der Waals surface area contributed by atoms with Gasteiger partial charge in [0.2, 0.25) is 0 Å². The van der Waals surface area contributed by atoms with E-state index in [0.29, 0.717) is 13.2 Å². The maximum Gasteiger partial charge on any atom is 0.163 e. The van der Waals surface area contributed by atoms with Crippen molar-refractivity contribution in [3.63, 3.8) is 0 Å². The Kier molecular flexibility index (Phi) is 4.10. The highest BCUT2D eigenvalue weighted by atomic mass is 32.1. The second-order valence-electron chi connectivity index (χ2n) is 6.25. The molecule has 0 bridgehead atoms. The number of nitrogens with one attached hydrogen (secondary N) is 1. The number of hydrogen-bond donors (Lipinski definition) is 1. The predicted molar refractivity (Wildman–Crippen MR) is 108 cm³/mol. The van der Waals surface area contributed by atoms with Crippen LogP contribution in [0.25, 0.3) is 21.3 Å². The highest BCUT2D eigenvalue weighted by molar-refractivity contribution is 7.17. The van der Waals surface area contributed by atoms with E-state index in [1.54, 1.807) is 17.7 Å². The van der Waals surface area contributed by atoms with Gasteiger partial charge in [-0.05, 0) is 17.7 Å². The molecule has 0 unspecified atom stereocenters. The number of fused-ring (bicyclic) bond motifs is 2. The molecule has 0 saturated carbocycles. The quantitative estimate of drug-likeness (QED) is 0.529. The summed E-state index contributed by atoms with van der Waals surface area (Å²) in [6.07, 6.45) is 2.48. The van der Waals surface area contributed by atoms with Crippen LogP contribution in [0.15, 0.2) is 60.2 Å². The summed E-state index contributed by atoms with van der Waals surface area (Å²) in [5.41, 5.74) is 3.19. The van der Waals surface area contributed by atoms with E-state index < -0.39 is 0 Å². The van der Waals surface area contributed by atoms with Crippen molar-refractivity contribution in [3.05, 3.63) is 60.2 Å². The third kappa shape index (κ3) is 3.08. The first-order chi connectivity index (χ1) is 13.4. The molecule has 134 valence electrons. The second-order valence-corrected chi connectivity index (χ2v) is 7.11. The molecule has 0 aliphatic carbocycles. The molecule has 0 fully saturated rings. The van der Waals surface area contributed by atoms with Crippen LogP contribution < -0.4 is 14.8 Å². The van der Waals surface area contributed by atoms with Gasteiger partial charge in [-0.25, -0.2) is 9.97 Å². The summed E-state index contributed by atoms with van der Waals surface area (Å²) in [4.78, 5) is 9.90. The van der Waals surface area contributed by atoms with E-state index in [1.165, 1.54) is 0 Å². The molecule has 5 nitrogen and oxygen atoms in total. The number of nitrogens with zero attached hydrogens (tertiary/aromatic N) is 2. The molecule has 1 aliphatic heterocycles. The topological polar surface area (TPSA) is 56.3 Å². The Morgan fingerprint density at radius 1 is 0.926 bits per heavy atom. The van der Waals surface area contributed by atoms with Crippen LogP contribution in [0.1, 0.15) is 6.42 Å². The molecule has 2 aromatic heterocycles. The Labute approximate surface area is 160 Å². The average molecular weight is 375 g/mol. The molecule has 3 heterocycles. The van der Waals surface area contributed by atoms with Crippen molar-refractivity contribution in [2.75, 3.05) is 18.5 Å². The van der Waals surface area contributed by atoms with Crippen LogP contribution in [0.2, 0.25) is 0 Å². The molecular weight excluding hydrogens is 358 g/mol. The Bertz CT molecular complexity index is 1100. The van der Waals surface area contributed by atoms with Gasteiger partial charge >= 0.3 is 0 Å². The minimum absolute atomic E-state index is 0.664. The molecule has 6 heteroatoms. The van der Waals surface area contributed by atoms with Crippen LogP contribution in [0, 0.1) is 0 Å². The summed E-state index contributed by atoms with van der Waals surface area (Å²) in [6, 6.07) is 16.2. The van der Waals surface area contributed by atoms with Gasteiger partial charge in [-0.2, -0.15) is 0 Å². The van der Waals surface area contributed by atoms with Crippen LogP contribution in [-0.2, 0) is 0 Å². The number of thiophene rings is 1. The highest BCUT2D eigenvalue weighted by Gasteiger charge is 2.15. The lowest BCUT2D eigenvalue weighted by Gasteiger charge is -2.12. The minimum atomic E-state index is 0.664. The first-order valence-corrected chi connectivity index (χ1v) is 9.71. The summed E-state index contributed by atoms with van der Waals surface area (Å²) in [6.45, 7) is 1.35. The zero-order valence-electron chi connectivity index (χ0n) is 14.5. The van der Waals surface area contributed by atoms with Gasteiger partial charge in [-0.1, -0.05) is 30.3 Å². The van der Waals surface area contributed by atoms with Crippen LogP contribution in [0.4, 0.5) is 11.5 Å². The maximum atomic E-state index is 5.80. The lowest BCUT2D eigenvalue weighted by atomic mass is 10.1. The molecule has 0 atom stereocenters. The Balaban J connectivity index is 1.56. The lowest BCUT2D eigenvalue weighted by molar-refractivity contribution is 0.297. The average Bonchev–Trinajstić information content (AvgIpc) is 3.01. The van der Waals surface area contributed by atoms with Gasteiger partial charge in [0, 0.05) is 29.1 Å². The normalized spacial score (nSPS) is 13.3. The largest absolute Gasteiger partial charge is 0.490 e. The van der Waals surface area contributed by atoms with Crippen LogP contribution in [-0.4, -0.2) is 23.2 Å². The van der Waals surface area contributed by atoms with Crippen molar-refractivity contribution in [2.24, 2.45) is 0 Å². The SMILES string of the molecule is c1ccc(-c2csc3ncnc(Nc4ccc5c(c4)OCCCO5)c23)cc1. The van der Waals surface area contributed by atoms with E-state index in [4.69, 9.17) is 9.47 Å². The lowest BCUT2D eigenvalue weighted by Crippen LogP contribution is -1.98. The van der Waals surface area contributed by atoms with Crippen molar-refractivity contribution in [1.29, 1.82) is 0 Å². The fourth-order valence-corrected chi connectivity index (χ4v) is 4.09. The van der Waals surface area contributed by atoms with E-state index in [-0.39, 0.29) is 0 Å². The fraction of sp³-hybridized carbons (Fsp3) is 0.143. The molecule has 27 heavy (non-hydrogen) atoms. The van der Waals surface area contributed by atoms with Crippen molar-refractivity contribution in [1.82, 2.24) is 9.97 Å². The first-order valence-electron chi connectivity index (χ1n) is 8.83. The van der Waals surface area contributed by atoms with E-state index in [1.807, 2.05) is 36.4 Å². The Morgan fingerprint density at radius 2 is 1.78 bits per heavy atom. The monoisotopic (exact) mass is 375 g/mol. The molecule has 4 aromatic rings. The number of hydrogen-bond acceptors (Lipinski definition) is 6. The van der Waals surface area contributed by atoms with Gasteiger partial charge in [-0.3, -0.25) is 0 Å². The van der Waals surface area contributed by atoms with E-state index in [2.05, 4.69) is 32.8 Å². The molecule has 1 aliphatic rings. The van der Waals surface area contributed by atoms with Gasteiger partial charge in [0.05, 0.1) is 18.6 Å². The summed E-state index contributed by atoms with van der Waals surface area (Å²) in [5, 5.41) is 6.60. The molecule has 5 rings (SSSR count).